The van der Waals surface area contributed by atoms with E-state index in [4.69, 9.17) is 0 Å². The van der Waals surface area contributed by atoms with E-state index < -0.39 is 0 Å². The van der Waals surface area contributed by atoms with Crippen molar-refractivity contribution >= 4 is 11.4 Å². The van der Waals surface area contributed by atoms with Gasteiger partial charge in [-0.25, -0.2) is 0 Å². The Morgan fingerprint density at radius 3 is 1.44 bits per heavy atom. The minimum Gasteiger partial charge on any atom is -0.385 e. The number of anilines is 2. The van der Waals surface area contributed by atoms with E-state index in [1.807, 2.05) is 0 Å². The van der Waals surface area contributed by atoms with Crippen LogP contribution in [-0.2, 0) is 0 Å². The van der Waals surface area contributed by atoms with Gasteiger partial charge in [-0.15, -0.1) is 0 Å². The molecule has 0 aliphatic carbocycles. The fourth-order valence-electron chi connectivity index (χ4n) is 3.34. The standard InChI is InChI=1S/C23H34N2/c1-16(2)20-12-7-10-18(5)22(20)24-14-9-15-25-23-19(6)11-8-13-21(23)17(3)4/h7-8,10-13,16-17,24-25H,9,14-15H2,1-6H3. The Bertz CT molecular complexity index is 627. The minimum atomic E-state index is 0.543. The smallest absolute Gasteiger partial charge is 0.0405 e. The summed E-state index contributed by atoms with van der Waals surface area (Å²) in [5, 5.41) is 7.32. The zero-order valence-corrected chi connectivity index (χ0v) is 16.7. The van der Waals surface area contributed by atoms with Crippen LogP contribution in [0.2, 0.25) is 0 Å². The summed E-state index contributed by atoms with van der Waals surface area (Å²) >= 11 is 0. The minimum absolute atomic E-state index is 0.543. The lowest BCUT2D eigenvalue weighted by Crippen LogP contribution is -2.13. The molecule has 0 fully saturated rings. The van der Waals surface area contributed by atoms with Gasteiger partial charge >= 0.3 is 0 Å². The first-order valence-corrected chi connectivity index (χ1v) is 9.58. The van der Waals surface area contributed by atoms with Crippen LogP contribution >= 0.6 is 0 Å². The van der Waals surface area contributed by atoms with Gasteiger partial charge in [-0.1, -0.05) is 64.1 Å². The number of para-hydroxylation sites is 2. The average molecular weight is 339 g/mol. The van der Waals surface area contributed by atoms with E-state index in [2.05, 4.69) is 88.6 Å². The van der Waals surface area contributed by atoms with Crippen LogP contribution in [0.3, 0.4) is 0 Å². The SMILES string of the molecule is Cc1cccc(C(C)C)c1NCCCNc1c(C)cccc1C(C)C. The Labute approximate surface area is 154 Å². The second-order valence-electron chi connectivity index (χ2n) is 7.59. The second-order valence-corrected chi connectivity index (χ2v) is 7.59. The molecule has 0 heterocycles. The molecular weight excluding hydrogens is 304 g/mol. The summed E-state index contributed by atoms with van der Waals surface area (Å²) in [6.45, 7) is 15.4. The molecule has 25 heavy (non-hydrogen) atoms. The van der Waals surface area contributed by atoms with Crippen molar-refractivity contribution in [1.82, 2.24) is 0 Å². The zero-order valence-electron chi connectivity index (χ0n) is 16.7. The lowest BCUT2D eigenvalue weighted by atomic mass is 9.98. The van der Waals surface area contributed by atoms with Gasteiger partial charge in [-0.3, -0.25) is 0 Å². The van der Waals surface area contributed by atoms with E-state index >= 15 is 0 Å². The summed E-state index contributed by atoms with van der Waals surface area (Å²) in [5.74, 6) is 1.09. The lowest BCUT2D eigenvalue weighted by Gasteiger charge is -2.19. The van der Waals surface area contributed by atoms with Gasteiger partial charge in [0.2, 0.25) is 0 Å². The van der Waals surface area contributed by atoms with Crippen molar-refractivity contribution in [3.8, 4) is 0 Å². The maximum atomic E-state index is 3.66. The van der Waals surface area contributed by atoms with E-state index in [0.717, 1.165) is 19.5 Å². The molecule has 0 spiro atoms. The van der Waals surface area contributed by atoms with Crippen LogP contribution in [0.1, 0.15) is 68.2 Å². The van der Waals surface area contributed by atoms with Gasteiger partial charge in [0.1, 0.15) is 0 Å². The summed E-state index contributed by atoms with van der Waals surface area (Å²) in [6, 6.07) is 13.2. The Morgan fingerprint density at radius 1 is 0.680 bits per heavy atom. The van der Waals surface area contributed by atoms with Crippen LogP contribution in [0.15, 0.2) is 36.4 Å². The summed E-state index contributed by atoms with van der Waals surface area (Å²) < 4.78 is 0. The topological polar surface area (TPSA) is 24.1 Å². The summed E-state index contributed by atoms with van der Waals surface area (Å²) in [4.78, 5) is 0. The maximum Gasteiger partial charge on any atom is 0.0405 e. The van der Waals surface area contributed by atoms with Crippen LogP contribution in [0, 0.1) is 13.8 Å². The first kappa shape index (κ1) is 19.4. The first-order chi connectivity index (χ1) is 11.9. The zero-order chi connectivity index (χ0) is 18.4. The summed E-state index contributed by atoms with van der Waals surface area (Å²) in [7, 11) is 0. The number of nitrogens with one attached hydrogen (secondary N) is 2. The van der Waals surface area contributed by atoms with Gasteiger partial charge in [0.15, 0.2) is 0 Å². The predicted octanol–water partition coefficient (Wildman–Crippen LogP) is 6.46. The van der Waals surface area contributed by atoms with E-state index in [1.54, 1.807) is 0 Å². The lowest BCUT2D eigenvalue weighted by molar-refractivity contribution is 0.847. The van der Waals surface area contributed by atoms with Gasteiger partial charge in [-0.05, 0) is 54.4 Å². The molecule has 2 N–H and O–H groups in total. The van der Waals surface area contributed by atoms with Crippen molar-refractivity contribution in [2.75, 3.05) is 23.7 Å². The van der Waals surface area contributed by atoms with E-state index in [-0.39, 0.29) is 0 Å². The number of hydrogen-bond acceptors (Lipinski definition) is 2. The largest absolute Gasteiger partial charge is 0.385 e. The third-order valence-electron chi connectivity index (χ3n) is 4.81. The number of aryl methyl sites for hydroxylation is 2. The Hall–Kier alpha value is -1.96. The summed E-state index contributed by atoms with van der Waals surface area (Å²) in [6.07, 6.45) is 1.09. The van der Waals surface area contributed by atoms with Crippen molar-refractivity contribution in [3.05, 3.63) is 58.7 Å². The molecule has 0 aromatic heterocycles. The third-order valence-corrected chi connectivity index (χ3v) is 4.81. The number of rotatable bonds is 8. The van der Waals surface area contributed by atoms with Crippen molar-refractivity contribution in [2.24, 2.45) is 0 Å². The highest BCUT2D eigenvalue weighted by Gasteiger charge is 2.09. The van der Waals surface area contributed by atoms with Gasteiger partial charge < -0.3 is 10.6 Å². The fourth-order valence-corrected chi connectivity index (χ4v) is 3.34. The van der Waals surface area contributed by atoms with E-state index in [0.29, 0.717) is 11.8 Å². The van der Waals surface area contributed by atoms with Crippen molar-refractivity contribution in [1.29, 1.82) is 0 Å². The Kier molecular flexibility index (Phi) is 6.92. The molecule has 0 atom stereocenters. The van der Waals surface area contributed by atoms with Crippen LogP contribution in [0.4, 0.5) is 11.4 Å². The van der Waals surface area contributed by atoms with Crippen molar-refractivity contribution < 1.29 is 0 Å². The molecule has 0 saturated heterocycles. The van der Waals surface area contributed by atoms with Crippen molar-refractivity contribution in [3.63, 3.8) is 0 Å². The molecule has 0 aliphatic heterocycles. The molecule has 2 heteroatoms. The average Bonchev–Trinajstić information content (AvgIpc) is 2.56. The third kappa shape index (κ3) is 5.01. The first-order valence-electron chi connectivity index (χ1n) is 9.58. The highest BCUT2D eigenvalue weighted by atomic mass is 14.9. The molecule has 0 bridgehead atoms. The molecule has 136 valence electrons. The van der Waals surface area contributed by atoms with Crippen LogP contribution < -0.4 is 10.6 Å². The van der Waals surface area contributed by atoms with Crippen LogP contribution in [0.25, 0.3) is 0 Å². The van der Waals surface area contributed by atoms with E-state index in [9.17, 15) is 0 Å². The monoisotopic (exact) mass is 338 g/mol. The van der Waals surface area contributed by atoms with Crippen LogP contribution in [-0.4, -0.2) is 13.1 Å². The molecule has 0 radical (unpaired) electrons. The Morgan fingerprint density at radius 2 is 1.08 bits per heavy atom. The summed E-state index contributed by atoms with van der Waals surface area (Å²) in [5.41, 5.74) is 8.12. The Balaban J connectivity index is 1.92. The maximum absolute atomic E-state index is 3.66. The molecule has 2 aromatic carbocycles. The molecule has 2 aromatic rings. The molecule has 0 unspecified atom stereocenters. The van der Waals surface area contributed by atoms with Crippen LogP contribution in [0.5, 0.6) is 0 Å². The predicted molar refractivity (Wildman–Crippen MR) is 112 cm³/mol. The van der Waals surface area contributed by atoms with Gasteiger partial charge in [-0.2, -0.15) is 0 Å². The highest BCUT2D eigenvalue weighted by molar-refractivity contribution is 5.59. The molecule has 2 rings (SSSR count). The fraction of sp³-hybridized carbons (Fsp3) is 0.478. The van der Waals surface area contributed by atoms with Crippen molar-refractivity contribution in [2.45, 2.75) is 59.8 Å². The van der Waals surface area contributed by atoms with Gasteiger partial charge in [0.05, 0.1) is 0 Å². The van der Waals surface area contributed by atoms with E-state index in [1.165, 1.54) is 33.6 Å². The number of benzene rings is 2. The molecule has 0 amide bonds. The molecule has 0 aliphatic rings. The number of hydrogen-bond donors (Lipinski definition) is 2. The van der Waals surface area contributed by atoms with Gasteiger partial charge in [0.25, 0.3) is 0 Å². The quantitative estimate of drug-likeness (QED) is 0.539. The highest BCUT2D eigenvalue weighted by Crippen LogP contribution is 2.28. The second kappa shape index (κ2) is 8.94. The molecule has 0 saturated carbocycles. The van der Waals surface area contributed by atoms with Gasteiger partial charge in [0, 0.05) is 24.5 Å². The molecule has 2 nitrogen and oxygen atoms in total. The normalized spacial score (nSPS) is 11.2. The molecular formula is C23H34N2.